The average molecular weight is 558 g/mol. The summed E-state index contributed by atoms with van der Waals surface area (Å²) >= 11 is 14.2. The van der Waals surface area contributed by atoms with Crippen LogP contribution in [0.25, 0.3) is 0 Å². The fraction of sp³-hybridized carbons (Fsp3) is 0.400. The molecule has 0 N–H and O–H groups in total. The third-order valence-electron chi connectivity index (χ3n) is 7.23. The van der Waals surface area contributed by atoms with Gasteiger partial charge in [-0.3, -0.25) is 9.59 Å². The minimum Gasteiger partial charge on any atom is -0.330 e. The zero-order valence-electron chi connectivity index (χ0n) is 22.1. The van der Waals surface area contributed by atoms with E-state index in [2.05, 4.69) is 56.5 Å². The predicted molar refractivity (Wildman–Crippen MR) is 154 cm³/mol. The van der Waals surface area contributed by atoms with Gasteiger partial charge in [0.05, 0.1) is 16.6 Å². The Bertz CT molecular complexity index is 1280. The van der Waals surface area contributed by atoms with Gasteiger partial charge in [0.1, 0.15) is 6.54 Å². The van der Waals surface area contributed by atoms with Gasteiger partial charge >= 0.3 is 0 Å². The first-order valence-corrected chi connectivity index (χ1v) is 14.4. The van der Waals surface area contributed by atoms with Crippen LogP contribution in [0.2, 0.25) is 10.0 Å². The lowest BCUT2D eigenvalue weighted by Gasteiger charge is -2.38. The van der Waals surface area contributed by atoms with Gasteiger partial charge in [0, 0.05) is 22.5 Å². The van der Waals surface area contributed by atoms with Gasteiger partial charge in [-0.05, 0) is 71.5 Å². The predicted octanol–water partition coefficient (Wildman–Crippen LogP) is 7.77. The quantitative estimate of drug-likeness (QED) is 0.311. The largest absolute Gasteiger partial charge is 0.330 e. The molecule has 0 unspecified atom stereocenters. The van der Waals surface area contributed by atoms with E-state index in [1.807, 2.05) is 18.7 Å². The highest BCUT2D eigenvalue weighted by molar-refractivity contribution is 7.10. The number of hydrogen-bond acceptors (Lipinski definition) is 3. The van der Waals surface area contributed by atoms with Crippen molar-refractivity contribution in [2.75, 3.05) is 13.1 Å². The maximum atomic E-state index is 13.9. The van der Waals surface area contributed by atoms with Gasteiger partial charge in [0.2, 0.25) is 5.91 Å². The van der Waals surface area contributed by atoms with E-state index in [-0.39, 0.29) is 40.9 Å². The molecule has 0 radical (unpaired) electrons. The first kappa shape index (κ1) is 27.7. The molecule has 0 aliphatic carbocycles. The Morgan fingerprint density at radius 3 is 2.43 bits per heavy atom. The van der Waals surface area contributed by atoms with Crippen LogP contribution >= 0.6 is 34.5 Å². The van der Waals surface area contributed by atoms with Gasteiger partial charge in [-0.2, -0.15) is 0 Å². The van der Waals surface area contributed by atoms with Crippen LogP contribution in [0.5, 0.6) is 0 Å². The molecule has 0 saturated carbocycles. The molecule has 1 aromatic heterocycles. The summed E-state index contributed by atoms with van der Waals surface area (Å²) in [5.74, 6) is -0.329. The first-order valence-electron chi connectivity index (χ1n) is 12.7. The third-order valence-corrected chi connectivity index (χ3v) is 8.77. The Hall–Kier alpha value is -2.34. The number of carbonyl (C=O) groups is 2. The molecular formula is C30H34Cl2N2O2S. The molecule has 4 nitrogen and oxygen atoms in total. The number of thiophene rings is 1. The standard InChI is InChI=1S/C30H34Cl2N2O2S/c1-6-19(2)34(29(36)23-12-11-22(31)17-25(23)32)18-27(35)33-15-13-26-24(14-16-37-26)28(33)20-7-9-21(10-8-20)30(3,4)5/h7-12,14,16-17,19,28H,6,13,15,18H2,1-5H3/t19-,28-/m1/s1. The number of amides is 2. The van der Waals surface area contributed by atoms with Crippen molar-refractivity contribution >= 4 is 46.4 Å². The number of hydrogen-bond donors (Lipinski definition) is 0. The molecule has 1 aliphatic heterocycles. The van der Waals surface area contributed by atoms with Crippen molar-refractivity contribution in [2.45, 2.75) is 65.0 Å². The second-order valence-corrected chi connectivity index (χ2v) is 12.6. The van der Waals surface area contributed by atoms with Crippen LogP contribution in [0, 0.1) is 0 Å². The van der Waals surface area contributed by atoms with Crippen LogP contribution < -0.4 is 0 Å². The van der Waals surface area contributed by atoms with Crippen LogP contribution in [0.3, 0.4) is 0 Å². The van der Waals surface area contributed by atoms with Gasteiger partial charge in [-0.25, -0.2) is 0 Å². The smallest absolute Gasteiger partial charge is 0.256 e. The molecule has 4 rings (SSSR count). The van der Waals surface area contributed by atoms with Crippen molar-refractivity contribution < 1.29 is 9.59 Å². The van der Waals surface area contributed by atoms with Crippen LogP contribution in [-0.4, -0.2) is 40.7 Å². The molecule has 0 saturated heterocycles. The van der Waals surface area contributed by atoms with Crippen molar-refractivity contribution in [1.82, 2.24) is 9.80 Å². The fourth-order valence-electron chi connectivity index (χ4n) is 4.81. The summed E-state index contributed by atoms with van der Waals surface area (Å²) in [6.07, 6.45) is 1.53. The van der Waals surface area contributed by atoms with E-state index in [1.165, 1.54) is 16.0 Å². The SMILES string of the molecule is CC[C@@H](C)N(CC(=O)N1CCc2sccc2[C@H]1c1ccc(C(C)(C)C)cc1)C(=O)c1ccc(Cl)cc1Cl. The van der Waals surface area contributed by atoms with Crippen molar-refractivity contribution in [2.24, 2.45) is 0 Å². The second-order valence-electron chi connectivity index (χ2n) is 10.7. The summed E-state index contributed by atoms with van der Waals surface area (Å²) in [6, 6.07) is 15.3. The van der Waals surface area contributed by atoms with Gasteiger partial charge in [0.25, 0.3) is 5.91 Å². The Kier molecular flexibility index (Phi) is 8.37. The highest BCUT2D eigenvalue weighted by atomic mass is 35.5. The zero-order chi connectivity index (χ0) is 26.9. The Balaban J connectivity index is 1.65. The molecule has 7 heteroatoms. The minimum absolute atomic E-state index is 0.0111. The third kappa shape index (κ3) is 5.89. The Morgan fingerprint density at radius 1 is 1.11 bits per heavy atom. The zero-order valence-corrected chi connectivity index (χ0v) is 24.4. The number of benzene rings is 2. The molecule has 2 aromatic carbocycles. The van der Waals surface area contributed by atoms with Crippen LogP contribution in [0.1, 0.15) is 79.0 Å². The van der Waals surface area contributed by atoms with Crippen molar-refractivity contribution in [3.63, 3.8) is 0 Å². The summed E-state index contributed by atoms with van der Waals surface area (Å²) in [5.41, 5.74) is 3.92. The number of fused-ring (bicyclic) bond motifs is 1. The second kappa shape index (κ2) is 11.2. The van der Waals surface area contributed by atoms with Gasteiger partial charge in [-0.15, -0.1) is 11.3 Å². The van der Waals surface area contributed by atoms with Crippen LogP contribution in [0.15, 0.2) is 53.9 Å². The number of nitrogens with zero attached hydrogens (tertiary/aromatic N) is 2. The maximum Gasteiger partial charge on any atom is 0.256 e. The lowest BCUT2D eigenvalue weighted by atomic mass is 9.85. The summed E-state index contributed by atoms with van der Waals surface area (Å²) in [4.78, 5) is 32.4. The fourth-order valence-corrected chi connectivity index (χ4v) is 6.21. The molecule has 0 fully saturated rings. The number of carbonyl (C=O) groups excluding carboxylic acids is 2. The molecule has 0 bridgehead atoms. The van der Waals surface area contributed by atoms with E-state index in [1.54, 1.807) is 34.4 Å². The van der Waals surface area contributed by atoms with Crippen molar-refractivity contribution in [1.29, 1.82) is 0 Å². The van der Waals surface area contributed by atoms with Gasteiger partial charge in [0.15, 0.2) is 0 Å². The van der Waals surface area contributed by atoms with E-state index in [0.29, 0.717) is 17.1 Å². The Labute approximate surface area is 234 Å². The van der Waals surface area contributed by atoms with Gasteiger partial charge < -0.3 is 9.80 Å². The van der Waals surface area contributed by atoms with E-state index in [4.69, 9.17) is 23.2 Å². The topological polar surface area (TPSA) is 40.6 Å². The molecule has 2 amide bonds. The molecule has 3 aromatic rings. The molecule has 2 atom stereocenters. The minimum atomic E-state index is -0.260. The highest BCUT2D eigenvalue weighted by Crippen LogP contribution is 2.38. The molecular weight excluding hydrogens is 523 g/mol. The highest BCUT2D eigenvalue weighted by Gasteiger charge is 2.35. The first-order chi connectivity index (χ1) is 17.5. The average Bonchev–Trinajstić information content (AvgIpc) is 3.34. The van der Waals surface area contributed by atoms with E-state index >= 15 is 0 Å². The van der Waals surface area contributed by atoms with Crippen LogP contribution in [0.4, 0.5) is 0 Å². The summed E-state index contributed by atoms with van der Waals surface area (Å²) < 4.78 is 0. The summed E-state index contributed by atoms with van der Waals surface area (Å²) in [6.45, 7) is 11.2. The van der Waals surface area contributed by atoms with E-state index < -0.39 is 0 Å². The molecule has 196 valence electrons. The molecule has 2 heterocycles. The molecule has 1 aliphatic rings. The molecule has 37 heavy (non-hydrogen) atoms. The van der Waals surface area contributed by atoms with Gasteiger partial charge in [-0.1, -0.05) is 75.2 Å². The normalized spacial score (nSPS) is 16.3. The summed E-state index contributed by atoms with van der Waals surface area (Å²) in [5, 5.41) is 2.86. The maximum absolute atomic E-state index is 13.9. The number of rotatable bonds is 6. The molecule has 0 spiro atoms. The Morgan fingerprint density at radius 2 is 1.81 bits per heavy atom. The lowest BCUT2D eigenvalue weighted by Crippen LogP contribution is -2.49. The van der Waals surface area contributed by atoms with E-state index in [0.717, 1.165) is 18.4 Å². The van der Waals surface area contributed by atoms with Crippen molar-refractivity contribution in [3.8, 4) is 0 Å². The van der Waals surface area contributed by atoms with Crippen LogP contribution in [-0.2, 0) is 16.6 Å². The number of halogens is 2. The monoisotopic (exact) mass is 556 g/mol. The summed E-state index contributed by atoms with van der Waals surface area (Å²) in [7, 11) is 0. The van der Waals surface area contributed by atoms with E-state index in [9.17, 15) is 9.59 Å². The van der Waals surface area contributed by atoms with Crippen molar-refractivity contribution in [3.05, 3.63) is 91.1 Å². The lowest BCUT2D eigenvalue weighted by molar-refractivity contribution is -0.134.